The standard InChI is InChI=1S/C15H26N2O3/c1-17(10-11-6-3-2-4-7-11)15(20)16-13-9-5-8-12(13)14(18)19/h11-13H,2-10H2,1H3,(H,16,20)(H,18,19). The lowest BCUT2D eigenvalue weighted by atomic mass is 9.89. The van der Waals surface area contributed by atoms with Crippen LogP contribution in [0.15, 0.2) is 0 Å². The van der Waals surface area contributed by atoms with Crippen LogP contribution >= 0.6 is 0 Å². The van der Waals surface area contributed by atoms with Crippen molar-refractivity contribution in [3.8, 4) is 0 Å². The lowest BCUT2D eigenvalue weighted by molar-refractivity contribution is -0.142. The largest absolute Gasteiger partial charge is 0.481 e. The lowest BCUT2D eigenvalue weighted by Crippen LogP contribution is -2.47. The van der Waals surface area contributed by atoms with Crippen molar-refractivity contribution in [2.75, 3.05) is 13.6 Å². The number of nitrogens with zero attached hydrogens (tertiary/aromatic N) is 1. The second kappa shape index (κ2) is 6.95. The summed E-state index contributed by atoms with van der Waals surface area (Å²) >= 11 is 0. The van der Waals surface area contributed by atoms with Crippen LogP contribution in [-0.2, 0) is 4.79 Å². The van der Waals surface area contributed by atoms with Crippen LogP contribution in [0.2, 0.25) is 0 Å². The van der Waals surface area contributed by atoms with Crippen molar-refractivity contribution in [1.29, 1.82) is 0 Å². The van der Waals surface area contributed by atoms with Gasteiger partial charge in [-0.3, -0.25) is 4.79 Å². The van der Waals surface area contributed by atoms with Crippen LogP contribution in [0.3, 0.4) is 0 Å². The molecule has 2 aliphatic carbocycles. The molecule has 5 nitrogen and oxygen atoms in total. The van der Waals surface area contributed by atoms with Crippen LogP contribution < -0.4 is 5.32 Å². The average Bonchev–Trinajstić information content (AvgIpc) is 2.88. The summed E-state index contributed by atoms with van der Waals surface area (Å²) in [6.45, 7) is 0.788. The van der Waals surface area contributed by atoms with E-state index >= 15 is 0 Å². The minimum atomic E-state index is -0.789. The Bertz CT molecular complexity index is 353. The molecule has 2 aliphatic rings. The highest BCUT2D eigenvalue weighted by Gasteiger charge is 2.34. The number of urea groups is 1. The lowest BCUT2D eigenvalue weighted by Gasteiger charge is -2.28. The van der Waals surface area contributed by atoms with Crippen molar-refractivity contribution in [1.82, 2.24) is 10.2 Å². The van der Waals surface area contributed by atoms with Crippen molar-refractivity contribution in [3.05, 3.63) is 0 Å². The maximum Gasteiger partial charge on any atom is 0.317 e. The molecule has 0 aliphatic heterocycles. The summed E-state index contributed by atoms with van der Waals surface area (Å²) in [5.74, 6) is -0.594. The zero-order valence-corrected chi connectivity index (χ0v) is 12.3. The fourth-order valence-electron chi connectivity index (χ4n) is 3.54. The van der Waals surface area contributed by atoms with Crippen molar-refractivity contribution in [2.45, 2.75) is 57.4 Å². The number of hydrogen-bond acceptors (Lipinski definition) is 2. The average molecular weight is 282 g/mol. The molecule has 0 bridgehead atoms. The number of carbonyl (C=O) groups excluding carboxylic acids is 1. The second-order valence-corrected chi connectivity index (χ2v) is 6.32. The highest BCUT2D eigenvalue weighted by molar-refractivity contribution is 5.77. The molecule has 0 aromatic rings. The third kappa shape index (κ3) is 3.87. The van der Waals surface area contributed by atoms with Crippen molar-refractivity contribution < 1.29 is 14.7 Å². The maximum absolute atomic E-state index is 12.2. The summed E-state index contributed by atoms with van der Waals surface area (Å²) in [5.41, 5.74) is 0. The van der Waals surface area contributed by atoms with E-state index in [1.54, 1.807) is 4.90 Å². The van der Waals surface area contributed by atoms with Crippen molar-refractivity contribution >= 4 is 12.0 Å². The molecule has 2 atom stereocenters. The molecule has 2 N–H and O–H groups in total. The molecule has 0 aromatic heterocycles. The van der Waals surface area contributed by atoms with Crippen LogP contribution in [0.25, 0.3) is 0 Å². The number of carbonyl (C=O) groups is 2. The van der Waals surface area contributed by atoms with Gasteiger partial charge in [-0.25, -0.2) is 4.79 Å². The van der Waals surface area contributed by atoms with Gasteiger partial charge in [0.1, 0.15) is 0 Å². The van der Waals surface area contributed by atoms with E-state index in [4.69, 9.17) is 5.11 Å². The highest BCUT2D eigenvalue weighted by Crippen LogP contribution is 2.27. The quantitative estimate of drug-likeness (QED) is 0.832. The van der Waals surface area contributed by atoms with Crippen LogP contribution in [0.5, 0.6) is 0 Å². The van der Waals surface area contributed by atoms with Gasteiger partial charge in [0, 0.05) is 19.6 Å². The molecule has 0 spiro atoms. The van der Waals surface area contributed by atoms with Gasteiger partial charge in [-0.15, -0.1) is 0 Å². The third-order valence-electron chi connectivity index (χ3n) is 4.75. The normalized spacial score (nSPS) is 27.2. The Kier molecular flexibility index (Phi) is 5.26. The third-order valence-corrected chi connectivity index (χ3v) is 4.75. The van der Waals surface area contributed by atoms with E-state index in [0.29, 0.717) is 12.3 Å². The van der Waals surface area contributed by atoms with E-state index in [0.717, 1.165) is 19.4 Å². The van der Waals surface area contributed by atoms with E-state index in [2.05, 4.69) is 5.32 Å². The van der Waals surface area contributed by atoms with E-state index in [1.165, 1.54) is 32.1 Å². The Balaban J connectivity index is 1.79. The topological polar surface area (TPSA) is 69.6 Å². The van der Waals surface area contributed by atoms with Crippen molar-refractivity contribution in [3.63, 3.8) is 0 Å². The number of nitrogens with one attached hydrogen (secondary N) is 1. The molecule has 20 heavy (non-hydrogen) atoms. The summed E-state index contributed by atoms with van der Waals surface area (Å²) in [5, 5.41) is 12.0. The minimum absolute atomic E-state index is 0.117. The monoisotopic (exact) mass is 282 g/mol. The Hall–Kier alpha value is -1.26. The molecule has 2 saturated carbocycles. The smallest absolute Gasteiger partial charge is 0.317 e. The van der Waals surface area contributed by atoms with Gasteiger partial charge >= 0.3 is 12.0 Å². The fourth-order valence-corrected chi connectivity index (χ4v) is 3.54. The Morgan fingerprint density at radius 3 is 2.45 bits per heavy atom. The minimum Gasteiger partial charge on any atom is -0.481 e. The summed E-state index contributed by atoms with van der Waals surface area (Å²) in [6.07, 6.45) is 8.60. The zero-order valence-electron chi connectivity index (χ0n) is 12.3. The summed E-state index contributed by atoms with van der Waals surface area (Å²) in [6, 6.07) is -0.317. The first-order chi connectivity index (χ1) is 9.58. The molecule has 0 aromatic carbocycles. The van der Waals surface area contributed by atoms with Crippen molar-refractivity contribution in [2.24, 2.45) is 11.8 Å². The number of aliphatic carboxylic acids is 1. The molecule has 2 amide bonds. The van der Waals surface area contributed by atoms with Gasteiger partial charge in [0.25, 0.3) is 0 Å². The summed E-state index contributed by atoms with van der Waals surface area (Å²) < 4.78 is 0. The second-order valence-electron chi connectivity index (χ2n) is 6.32. The molecule has 0 heterocycles. The summed E-state index contributed by atoms with van der Waals surface area (Å²) in [7, 11) is 1.81. The van der Waals surface area contributed by atoms with Crippen LogP contribution in [0, 0.1) is 11.8 Å². The molecule has 0 saturated heterocycles. The molecule has 5 heteroatoms. The van der Waals surface area contributed by atoms with E-state index < -0.39 is 11.9 Å². The Labute approximate surface area is 120 Å². The van der Waals surface area contributed by atoms with Gasteiger partial charge in [0.15, 0.2) is 0 Å². The van der Waals surface area contributed by atoms with E-state index in [9.17, 15) is 9.59 Å². The number of rotatable bonds is 4. The fraction of sp³-hybridized carbons (Fsp3) is 0.867. The molecule has 2 unspecified atom stereocenters. The first-order valence-electron chi connectivity index (χ1n) is 7.82. The number of carboxylic acids is 1. The van der Waals surface area contributed by atoms with E-state index in [1.807, 2.05) is 7.05 Å². The van der Waals surface area contributed by atoms with E-state index in [-0.39, 0.29) is 12.1 Å². The predicted octanol–water partition coefficient (Wildman–Crippen LogP) is 2.46. The van der Waals surface area contributed by atoms with Crippen LogP contribution in [0.1, 0.15) is 51.4 Å². The Morgan fingerprint density at radius 2 is 1.80 bits per heavy atom. The molecule has 114 valence electrons. The zero-order chi connectivity index (χ0) is 14.5. The Morgan fingerprint density at radius 1 is 1.10 bits per heavy atom. The summed E-state index contributed by atoms with van der Waals surface area (Å²) in [4.78, 5) is 25.0. The number of hydrogen-bond donors (Lipinski definition) is 2. The van der Waals surface area contributed by atoms with Gasteiger partial charge < -0.3 is 15.3 Å². The van der Waals surface area contributed by atoms with Gasteiger partial charge in [-0.1, -0.05) is 25.7 Å². The molecular weight excluding hydrogens is 256 g/mol. The highest BCUT2D eigenvalue weighted by atomic mass is 16.4. The predicted molar refractivity (Wildman–Crippen MR) is 76.5 cm³/mol. The number of amides is 2. The molecule has 0 radical (unpaired) electrons. The molecule has 2 rings (SSSR count). The maximum atomic E-state index is 12.2. The van der Waals surface area contributed by atoms with Crippen LogP contribution in [-0.4, -0.2) is 41.6 Å². The van der Waals surface area contributed by atoms with Gasteiger partial charge in [0.05, 0.1) is 5.92 Å². The van der Waals surface area contributed by atoms with Crippen LogP contribution in [0.4, 0.5) is 4.79 Å². The SMILES string of the molecule is CN(CC1CCCCC1)C(=O)NC1CCCC1C(=O)O. The first-order valence-corrected chi connectivity index (χ1v) is 7.82. The van der Waals surface area contributed by atoms with Gasteiger partial charge in [0.2, 0.25) is 0 Å². The molecule has 2 fully saturated rings. The first kappa shape index (κ1) is 15.1. The number of carboxylic acid groups (broad SMARTS) is 1. The van der Waals surface area contributed by atoms with Gasteiger partial charge in [-0.05, 0) is 31.6 Å². The van der Waals surface area contributed by atoms with Gasteiger partial charge in [-0.2, -0.15) is 0 Å². The molecular formula is C15H26N2O3.